The number of benzene rings is 2. The predicted molar refractivity (Wildman–Crippen MR) is 96.5 cm³/mol. The van der Waals surface area contributed by atoms with Crippen LogP contribution in [0.5, 0.6) is 0 Å². The summed E-state index contributed by atoms with van der Waals surface area (Å²) in [5, 5.41) is 3.64. The SMILES string of the molecule is CN(C(=O)C1CC1C(=O)Nc1ccc(Cl)cc1Cl)c1ccccc1. The number of rotatable bonds is 4. The van der Waals surface area contributed by atoms with E-state index in [4.69, 9.17) is 23.2 Å². The number of amides is 2. The summed E-state index contributed by atoms with van der Waals surface area (Å²) in [6.07, 6.45) is 0.549. The van der Waals surface area contributed by atoms with E-state index in [1.807, 2.05) is 30.3 Å². The molecule has 2 aromatic carbocycles. The molecule has 1 saturated carbocycles. The average Bonchev–Trinajstić information content (AvgIpc) is 3.37. The molecule has 0 radical (unpaired) electrons. The van der Waals surface area contributed by atoms with Crippen molar-refractivity contribution in [3.8, 4) is 0 Å². The Bertz CT molecular complexity index is 780. The van der Waals surface area contributed by atoms with Crippen LogP contribution in [0.1, 0.15) is 6.42 Å². The van der Waals surface area contributed by atoms with Gasteiger partial charge in [0.2, 0.25) is 11.8 Å². The Morgan fingerprint density at radius 3 is 2.46 bits per heavy atom. The molecule has 2 amide bonds. The van der Waals surface area contributed by atoms with Crippen LogP contribution in [-0.2, 0) is 9.59 Å². The van der Waals surface area contributed by atoms with Crippen LogP contribution < -0.4 is 10.2 Å². The van der Waals surface area contributed by atoms with Gasteiger partial charge < -0.3 is 10.2 Å². The highest BCUT2D eigenvalue weighted by atomic mass is 35.5. The van der Waals surface area contributed by atoms with Crippen LogP contribution in [-0.4, -0.2) is 18.9 Å². The summed E-state index contributed by atoms with van der Waals surface area (Å²) in [7, 11) is 1.72. The van der Waals surface area contributed by atoms with E-state index in [1.165, 1.54) is 0 Å². The molecule has 0 heterocycles. The highest BCUT2D eigenvalue weighted by Crippen LogP contribution is 2.41. The van der Waals surface area contributed by atoms with Gasteiger partial charge in [-0.25, -0.2) is 0 Å². The van der Waals surface area contributed by atoms with Crippen molar-refractivity contribution in [2.24, 2.45) is 11.8 Å². The Labute approximate surface area is 150 Å². The maximum atomic E-state index is 12.5. The smallest absolute Gasteiger partial charge is 0.230 e. The van der Waals surface area contributed by atoms with Crippen molar-refractivity contribution >= 4 is 46.4 Å². The lowest BCUT2D eigenvalue weighted by atomic mass is 10.2. The summed E-state index contributed by atoms with van der Waals surface area (Å²) in [6, 6.07) is 14.2. The number of hydrogen-bond donors (Lipinski definition) is 1. The molecular weight excluding hydrogens is 347 g/mol. The molecule has 4 nitrogen and oxygen atoms in total. The second-order valence-corrected chi connectivity index (χ2v) is 6.64. The first-order chi connectivity index (χ1) is 11.5. The van der Waals surface area contributed by atoms with E-state index in [9.17, 15) is 9.59 Å². The summed E-state index contributed by atoms with van der Waals surface area (Å²) < 4.78 is 0. The third-order valence-corrected chi connectivity index (χ3v) is 4.66. The molecule has 6 heteroatoms. The van der Waals surface area contributed by atoms with Crippen LogP contribution in [0, 0.1) is 11.8 Å². The fourth-order valence-electron chi connectivity index (χ4n) is 2.60. The Hall–Kier alpha value is -2.04. The van der Waals surface area contributed by atoms with Gasteiger partial charge in [-0.2, -0.15) is 0 Å². The Balaban J connectivity index is 1.62. The minimum absolute atomic E-state index is 0.0523. The van der Waals surface area contributed by atoms with Gasteiger partial charge in [-0.1, -0.05) is 41.4 Å². The van der Waals surface area contributed by atoms with Crippen LogP contribution in [0.3, 0.4) is 0 Å². The van der Waals surface area contributed by atoms with E-state index in [2.05, 4.69) is 5.32 Å². The fourth-order valence-corrected chi connectivity index (χ4v) is 3.06. The largest absolute Gasteiger partial charge is 0.325 e. The first-order valence-electron chi connectivity index (χ1n) is 7.56. The standard InChI is InChI=1S/C18H16Cl2N2O2/c1-22(12-5-3-2-4-6-12)18(24)14-10-13(14)17(23)21-16-8-7-11(19)9-15(16)20/h2-9,13-14H,10H2,1H3,(H,21,23). The Morgan fingerprint density at radius 2 is 1.79 bits per heavy atom. The molecule has 2 unspecified atom stereocenters. The molecule has 1 N–H and O–H groups in total. The van der Waals surface area contributed by atoms with E-state index < -0.39 is 0 Å². The number of nitrogens with one attached hydrogen (secondary N) is 1. The van der Waals surface area contributed by atoms with E-state index in [1.54, 1.807) is 30.1 Å². The van der Waals surface area contributed by atoms with Crippen molar-refractivity contribution in [1.29, 1.82) is 0 Å². The quantitative estimate of drug-likeness (QED) is 0.884. The van der Waals surface area contributed by atoms with E-state index in [-0.39, 0.29) is 23.7 Å². The van der Waals surface area contributed by atoms with Crippen LogP contribution in [0.25, 0.3) is 0 Å². The zero-order chi connectivity index (χ0) is 17.3. The number of carbonyl (C=O) groups is 2. The summed E-state index contributed by atoms with van der Waals surface area (Å²) >= 11 is 11.9. The van der Waals surface area contributed by atoms with Crippen LogP contribution in [0.2, 0.25) is 10.0 Å². The molecular formula is C18H16Cl2N2O2. The molecule has 2 aromatic rings. The van der Waals surface area contributed by atoms with Crippen LogP contribution in [0.4, 0.5) is 11.4 Å². The summed E-state index contributed by atoms with van der Waals surface area (Å²) in [5.74, 6) is -0.862. The third kappa shape index (κ3) is 3.55. The fraction of sp³-hybridized carbons (Fsp3) is 0.222. The van der Waals surface area contributed by atoms with Gasteiger partial charge in [-0.3, -0.25) is 9.59 Å². The molecule has 0 saturated heterocycles. The number of nitrogens with zero attached hydrogens (tertiary/aromatic N) is 1. The molecule has 0 spiro atoms. The summed E-state index contributed by atoms with van der Waals surface area (Å²) in [4.78, 5) is 26.4. The monoisotopic (exact) mass is 362 g/mol. The molecule has 1 aliphatic carbocycles. The van der Waals surface area contributed by atoms with Crippen molar-refractivity contribution in [3.63, 3.8) is 0 Å². The third-order valence-electron chi connectivity index (χ3n) is 4.11. The zero-order valence-electron chi connectivity index (χ0n) is 13.0. The first kappa shape index (κ1) is 16.8. The maximum absolute atomic E-state index is 12.5. The molecule has 2 atom stereocenters. The van der Waals surface area contributed by atoms with Gasteiger partial charge in [-0.15, -0.1) is 0 Å². The van der Waals surface area contributed by atoms with Crippen LogP contribution in [0.15, 0.2) is 48.5 Å². The van der Waals surface area contributed by atoms with Crippen LogP contribution >= 0.6 is 23.2 Å². The van der Waals surface area contributed by atoms with Crippen molar-refractivity contribution in [2.45, 2.75) is 6.42 Å². The van der Waals surface area contributed by atoms with E-state index >= 15 is 0 Å². The maximum Gasteiger partial charge on any atom is 0.230 e. The molecule has 124 valence electrons. The summed E-state index contributed by atoms with van der Waals surface area (Å²) in [5.41, 5.74) is 1.31. The number of hydrogen-bond acceptors (Lipinski definition) is 2. The molecule has 0 bridgehead atoms. The molecule has 1 fully saturated rings. The van der Waals surface area contributed by atoms with Crippen molar-refractivity contribution in [1.82, 2.24) is 0 Å². The lowest BCUT2D eigenvalue weighted by Crippen LogP contribution is -2.29. The van der Waals surface area contributed by atoms with Crippen molar-refractivity contribution in [2.75, 3.05) is 17.3 Å². The van der Waals surface area contributed by atoms with Gasteiger partial charge in [0, 0.05) is 17.8 Å². The molecule has 0 aromatic heterocycles. The van der Waals surface area contributed by atoms with Gasteiger partial charge in [0.25, 0.3) is 0 Å². The zero-order valence-corrected chi connectivity index (χ0v) is 14.5. The molecule has 3 rings (SSSR count). The van der Waals surface area contributed by atoms with E-state index in [0.717, 1.165) is 5.69 Å². The van der Waals surface area contributed by atoms with E-state index in [0.29, 0.717) is 22.2 Å². The number of anilines is 2. The van der Waals surface area contributed by atoms with Gasteiger partial charge in [0.05, 0.1) is 22.5 Å². The highest BCUT2D eigenvalue weighted by molar-refractivity contribution is 6.36. The Kier molecular flexibility index (Phi) is 4.78. The van der Waals surface area contributed by atoms with Gasteiger partial charge in [0.15, 0.2) is 0 Å². The van der Waals surface area contributed by atoms with Crippen molar-refractivity contribution < 1.29 is 9.59 Å². The predicted octanol–water partition coefficient (Wildman–Crippen LogP) is 4.23. The minimum Gasteiger partial charge on any atom is -0.325 e. The topological polar surface area (TPSA) is 49.4 Å². The molecule has 24 heavy (non-hydrogen) atoms. The lowest BCUT2D eigenvalue weighted by Gasteiger charge is -2.17. The number of para-hydroxylation sites is 1. The Morgan fingerprint density at radius 1 is 1.08 bits per heavy atom. The second-order valence-electron chi connectivity index (χ2n) is 5.79. The average molecular weight is 363 g/mol. The highest BCUT2D eigenvalue weighted by Gasteiger charge is 2.49. The van der Waals surface area contributed by atoms with Gasteiger partial charge in [0.1, 0.15) is 0 Å². The minimum atomic E-state index is -0.324. The van der Waals surface area contributed by atoms with Crippen molar-refractivity contribution in [3.05, 3.63) is 58.6 Å². The number of carbonyl (C=O) groups excluding carboxylic acids is 2. The lowest BCUT2D eigenvalue weighted by molar-refractivity contribution is -0.123. The molecule has 0 aliphatic heterocycles. The van der Waals surface area contributed by atoms with Gasteiger partial charge >= 0.3 is 0 Å². The second kappa shape index (κ2) is 6.83. The normalized spacial score (nSPS) is 18.8. The molecule has 1 aliphatic rings. The first-order valence-corrected chi connectivity index (χ1v) is 8.31. The number of halogens is 2. The summed E-state index contributed by atoms with van der Waals surface area (Å²) in [6.45, 7) is 0. The van der Waals surface area contributed by atoms with Gasteiger partial charge in [-0.05, 0) is 36.8 Å².